The fourth-order valence-corrected chi connectivity index (χ4v) is 5.50. The Bertz CT molecular complexity index is 1030. The normalized spacial score (nSPS) is 20.2. The Morgan fingerprint density at radius 3 is 2.63 bits per heavy atom. The Morgan fingerprint density at radius 1 is 1.27 bits per heavy atom. The molecule has 1 fully saturated rings. The fourth-order valence-electron chi connectivity index (χ4n) is 4.84. The predicted molar refractivity (Wildman–Crippen MR) is 120 cm³/mol. The minimum Gasteiger partial charge on any atom is -0.465 e. The highest BCUT2D eigenvalue weighted by Gasteiger charge is 2.34. The van der Waals surface area contributed by atoms with Crippen molar-refractivity contribution >= 4 is 27.5 Å². The largest absolute Gasteiger partial charge is 0.465 e. The van der Waals surface area contributed by atoms with Gasteiger partial charge < -0.3 is 10.0 Å². The van der Waals surface area contributed by atoms with Crippen LogP contribution in [-0.2, 0) is 6.42 Å². The lowest BCUT2D eigenvalue weighted by Gasteiger charge is -2.37. The number of aryl methyl sites for hydroxylation is 1. The van der Waals surface area contributed by atoms with E-state index in [4.69, 9.17) is 4.98 Å². The molecule has 30 heavy (non-hydrogen) atoms. The first kappa shape index (κ1) is 20.8. The minimum absolute atomic E-state index is 0.0129. The number of benzene rings is 1. The number of hydrogen-bond acceptors (Lipinski definition) is 3. The average molecular weight is 471 g/mol. The van der Waals surface area contributed by atoms with E-state index in [1.54, 1.807) is 7.05 Å². The molecule has 0 aliphatic heterocycles. The maximum Gasteiger partial charge on any atom is 0.407 e. The van der Waals surface area contributed by atoms with E-state index in [9.17, 15) is 9.90 Å². The van der Waals surface area contributed by atoms with Crippen LogP contribution in [0.15, 0.2) is 47.3 Å². The van der Waals surface area contributed by atoms with E-state index in [0.29, 0.717) is 11.8 Å². The Kier molecular flexibility index (Phi) is 6.09. The lowest BCUT2D eigenvalue weighted by Crippen LogP contribution is -2.43. The topological polar surface area (TPSA) is 70.7 Å². The fraction of sp³-hybridized carbons (Fsp3) is 0.435. The van der Waals surface area contributed by atoms with Gasteiger partial charge >= 0.3 is 6.09 Å². The van der Waals surface area contributed by atoms with Crippen molar-refractivity contribution in [2.75, 3.05) is 7.05 Å². The number of carboxylic acid groups (broad SMARTS) is 1. The van der Waals surface area contributed by atoms with Gasteiger partial charge in [-0.25, -0.2) is 9.78 Å². The van der Waals surface area contributed by atoms with Crippen LogP contribution in [0.3, 0.4) is 0 Å². The molecule has 3 aromatic rings. The van der Waals surface area contributed by atoms with Gasteiger partial charge in [-0.1, -0.05) is 30.3 Å². The van der Waals surface area contributed by atoms with E-state index >= 15 is 0 Å². The molecule has 6 nitrogen and oxygen atoms in total. The summed E-state index contributed by atoms with van der Waals surface area (Å²) in [7, 11) is 1.71. The molecule has 158 valence electrons. The first-order chi connectivity index (χ1) is 14.5. The first-order valence-electron chi connectivity index (χ1n) is 10.4. The highest BCUT2D eigenvalue weighted by atomic mass is 79.9. The summed E-state index contributed by atoms with van der Waals surface area (Å²) in [4.78, 5) is 22.4. The van der Waals surface area contributed by atoms with Gasteiger partial charge in [0, 0.05) is 31.4 Å². The summed E-state index contributed by atoms with van der Waals surface area (Å²) in [6.45, 7) is 2.00. The monoisotopic (exact) mass is 470 g/mol. The van der Waals surface area contributed by atoms with E-state index in [1.807, 2.05) is 37.5 Å². The maximum atomic E-state index is 11.7. The number of imidazole rings is 1. The van der Waals surface area contributed by atoms with Gasteiger partial charge in [0.25, 0.3) is 0 Å². The molecular weight excluding hydrogens is 444 g/mol. The quantitative estimate of drug-likeness (QED) is 0.549. The Hall–Kier alpha value is -2.41. The summed E-state index contributed by atoms with van der Waals surface area (Å²) < 4.78 is 3.00. The number of nitrogens with zero attached hydrogens (tertiary/aromatic N) is 4. The molecule has 1 unspecified atom stereocenters. The zero-order valence-electron chi connectivity index (χ0n) is 17.3. The van der Waals surface area contributed by atoms with Crippen LogP contribution in [0, 0.1) is 12.8 Å². The molecule has 1 amide bonds. The third kappa shape index (κ3) is 4.08. The second-order valence-corrected chi connectivity index (χ2v) is 9.01. The number of carbonyl (C=O) groups is 1. The van der Waals surface area contributed by atoms with E-state index < -0.39 is 6.09 Å². The molecule has 1 aliphatic carbocycles. The van der Waals surface area contributed by atoms with Gasteiger partial charge in [-0.3, -0.25) is 9.38 Å². The zero-order chi connectivity index (χ0) is 21.3. The molecule has 0 radical (unpaired) electrons. The minimum atomic E-state index is -0.857. The molecule has 0 spiro atoms. The van der Waals surface area contributed by atoms with Crippen molar-refractivity contribution in [3.8, 4) is 0 Å². The van der Waals surface area contributed by atoms with Crippen molar-refractivity contribution in [3.63, 3.8) is 0 Å². The highest BCUT2D eigenvalue weighted by molar-refractivity contribution is 9.10. The number of aromatic nitrogens is 3. The van der Waals surface area contributed by atoms with E-state index in [-0.39, 0.29) is 6.04 Å². The van der Waals surface area contributed by atoms with Crippen molar-refractivity contribution in [1.29, 1.82) is 0 Å². The van der Waals surface area contributed by atoms with Crippen LogP contribution in [0.1, 0.15) is 48.7 Å². The van der Waals surface area contributed by atoms with Crippen LogP contribution in [0.25, 0.3) is 5.52 Å². The second kappa shape index (κ2) is 8.76. The molecule has 1 aromatic carbocycles. The first-order valence-corrected chi connectivity index (χ1v) is 11.2. The lowest BCUT2D eigenvalue weighted by molar-refractivity contribution is 0.106. The Labute approximate surface area is 185 Å². The van der Waals surface area contributed by atoms with Gasteiger partial charge in [-0.15, -0.1) is 0 Å². The molecule has 7 heteroatoms. The van der Waals surface area contributed by atoms with Crippen LogP contribution < -0.4 is 0 Å². The van der Waals surface area contributed by atoms with Crippen molar-refractivity contribution in [3.05, 3.63) is 64.4 Å². The standard InChI is InChI=1S/C23H27BrN4O2/c1-15-20-21(24)26-22(28(20)13-12-25-15)18-10-8-17(9-11-18)19(27(2)23(29)30)14-16-6-4-3-5-7-16/h3-7,12-13,17-19H,8-11,14H2,1-2H3,(H,29,30)/t17-,18-,19?. The highest BCUT2D eigenvalue weighted by Crippen LogP contribution is 2.39. The molecular formula is C23H27BrN4O2. The van der Waals surface area contributed by atoms with Crippen molar-refractivity contribution in [1.82, 2.24) is 19.3 Å². The number of rotatable bonds is 5. The second-order valence-electron chi connectivity index (χ2n) is 8.25. The molecule has 2 heterocycles. The molecule has 1 saturated carbocycles. The number of hydrogen-bond donors (Lipinski definition) is 1. The molecule has 4 rings (SSSR count). The van der Waals surface area contributed by atoms with Gasteiger partial charge in [0.1, 0.15) is 15.9 Å². The molecule has 0 saturated heterocycles. The molecule has 1 atom stereocenters. The van der Waals surface area contributed by atoms with E-state index in [1.165, 1.54) is 10.5 Å². The number of fused-ring (bicyclic) bond motifs is 1. The van der Waals surface area contributed by atoms with Crippen LogP contribution in [-0.4, -0.2) is 43.6 Å². The van der Waals surface area contributed by atoms with Crippen LogP contribution in [0.5, 0.6) is 0 Å². The third-order valence-electron chi connectivity index (χ3n) is 6.49. The molecule has 0 bridgehead atoms. The van der Waals surface area contributed by atoms with E-state index in [2.05, 4.69) is 37.4 Å². The third-order valence-corrected chi connectivity index (χ3v) is 7.04. The van der Waals surface area contributed by atoms with Gasteiger partial charge in [0.05, 0.1) is 5.69 Å². The van der Waals surface area contributed by atoms with Crippen LogP contribution >= 0.6 is 15.9 Å². The molecule has 1 N–H and O–H groups in total. The smallest absolute Gasteiger partial charge is 0.407 e. The maximum absolute atomic E-state index is 11.7. The lowest BCUT2D eigenvalue weighted by atomic mass is 9.76. The summed E-state index contributed by atoms with van der Waals surface area (Å²) >= 11 is 3.60. The zero-order valence-corrected chi connectivity index (χ0v) is 18.9. The SMILES string of the molecule is Cc1nccn2c1c(Br)nc2[C@H]1CC[C@H](C(Cc2ccccc2)N(C)C(=O)O)CC1. The summed E-state index contributed by atoms with van der Waals surface area (Å²) in [5.74, 6) is 1.79. The van der Waals surface area contributed by atoms with Crippen LogP contribution in [0.4, 0.5) is 4.79 Å². The summed E-state index contributed by atoms with van der Waals surface area (Å²) in [5.41, 5.74) is 3.17. The number of likely N-dealkylation sites (N-methyl/N-ethyl adjacent to an activating group) is 1. The number of amides is 1. The molecule has 1 aliphatic rings. The van der Waals surface area contributed by atoms with Gasteiger partial charge in [-0.2, -0.15) is 0 Å². The summed E-state index contributed by atoms with van der Waals surface area (Å²) in [5, 5.41) is 9.64. The van der Waals surface area contributed by atoms with E-state index in [0.717, 1.165) is 53.7 Å². The van der Waals surface area contributed by atoms with Crippen molar-refractivity contribution in [2.45, 2.75) is 51.0 Å². The van der Waals surface area contributed by atoms with Crippen LogP contribution in [0.2, 0.25) is 0 Å². The van der Waals surface area contributed by atoms with Crippen molar-refractivity contribution < 1.29 is 9.90 Å². The Balaban J connectivity index is 1.52. The van der Waals surface area contributed by atoms with Gasteiger partial charge in [0.2, 0.25) is 0 Å². The van der Waals surface area contributed by atoms with Crippen molar-refractivity contribution in [2.24, 2.45) is 5.92 Å². The number of halogens is 1. The van der Waals surface area contributed by atoms with Gasteiger partial charge in [0.15, 0.2) is 0 Å². The Morgan fingerprint density at radius 2 is 1.97 bits per heavy atom. The predicted octanol–water partition coefficient (Wildman–Crippen LogP) is 5.30. The molecule has 2 aromatic heterocycles. The summed E-state index contributed by atoms with van der Waals surface area (Å²) in [6.07, 6.45) is 7.71. The van der Waals surface area contributed by atoms with Gasteiger partial charge in [-0.05, 0) is 66.4 Å². The summed E-state index contributed by atoms with van der Waals surface area (Å²) in [6, 6.07) is 10.2. The average Bonchev–Trinajstić information content (AvgIpc) is 3.10.